The Morgan fingerprint density at radius 1 is 1.05 bits per heavy atom. The van der Waals surface area contributed by atoms with Crippen molar-refractivity contribution in [3.8, 4) is 5.75 Å². The van der Waals surface area contributed by atoms with Gasteiger partial charge in [-0.2, -0.15) is 4.98 Å². The molecule has 0 radical (unpaired) electrons. The summed E-state index contributed by atoms with van der Waals surface area (Å²) in [7, 11) is 6.37. The van der Waals surface area contributed by atoms with Crippen molar-refractivity contribution in [1.29, 1.82) is 0 Å². The van der Waals surface area contributed by atoms with E-state index in [0.29, 0.717) is 40.3 Å². The first kappa shape index (κ1) is 30.4. The van der Waals surface area contributed by atoms with Gasteiger partial charge in [-0.05, 0) is 50.9 Å². The quantitative estimate of drug-likeness (QED) is 0.196. The molecule has 4 N–H and O–H groups in total. The summed E-state index contributed by atoms with van der Waals surface area (Å²) in [5.74, 6) is 1.63. The zero-order valence-electron chi connectivity index (χ0n) is 23.7. The number of likely N-dealkylation sites (N-methyl/N-ethyl adjacent to an activating group) is 2. The lowest BCUT2D eigenvalue weighted by atomic mass is 10.2. The molecule has 0 aliphatic rings. The fourth-order valence-electron chi connectivity index (χ4n) is 3.69. The molecule has 0 saturated carbocycles. The first-order chi connectivity index (χ1) is 19.2. The second-order valence-electron chi connectivity index (χ2n) is 9.20. The van der Waals surface area contributed by atoms with Crippen LogP contribution in [0.3, 0.4) is 0 Å². The third-order valence-corrected chi connectivity index (χ3v) is 6.99. The van der Waals surface area contributed by atoms with Gasteiger partial charge in [-0.25, -0.2) is 9.19 Å². The van der Waals surface area contributed by atoms with Gasteiger partial charge >= 0.3 is 0 Å². The number of nitrogens with zero attached hydrogens (tertiary/aromatic N) is 4. The molecule has 1 aromatic heterocycles. The Kier molecular flexibility index (Phi) is 11.3. The van der Waals surface area contributed by atoms with E-state index in [0.717, 1.165) is 30.9 Å². The molecule has 0 aliphatic heterocycles. The fourth-order valence-corrected chi connectivity index (χ4v) is 4.59. The molecular formula is C28H38N8O3S. The van der Waals surface area contributed by atoms with Crippen molar-refractivity contribution < 1.29 is 13.7 Å². The average Bonchev–Trinajstić information content (AvgIpc) is 2.93. The number of hydrogen-bond donors (Lipinski definition) is 4. The Labute approximate surface area is 238 Å². The minimum Gasteiger partial charge on any atom is -0.494 e. The van der Waals surface area contributed by atoms with Crippen LogP contribution < -0.4 is 30.3 Å². The molecule has 1 unspecified atom stereocenters. The van der Waals surface area contributed by atoms with E-state index < -0.39 is 11.0 Å². The van der Waals surface area contributed by atoms with Crippen LogP contribution in [0.5, 0.6) is 5.75 Å². The predicted octanol–water partition coefficient (Wildman–Crippen LogP) is 4.58. The van der Waals surface area contributed by atoms with Crippen LogP contribution in [0.2, 0.25) is 0 Å². The highest BCUT2D eigenvalue weighted by atomic mass is 32.2. The van der Waals surface area contributed by atoms with Crippen molar-refractivity contribution in [2.24, 2.45) is 0 Å². The SMILES string of the molecule is C=CC(=O)Nc1cc(Nc2nccc(Nc3ccccc3NS(=O)CCC)n2)c(OC)cc1N(C)CCN(C)C. The van der Waals surface area contributed by atoms with Gasteiger partial charge in [-0.15, -0.1) is 0 Å². The Hall–Kier alpha value is -4.16. The van der Waals surface area contributed by atoms with Crippen molar-refractivity contribution in [2.45, 2.75) is 13.3 Å². The summed E-state index contributed by atoms with van der Waals surface area (Å²) >= 11 is 0. The highest BCUT2D eigenvalue weighted by Gasteiger charge is 2.17. The van der Waals surface area contributed by atoms with Gasteiger partial charge in [0, 0.05) is 38.2 Å². The number of para-hydroxylation sites is 2. The molecular weight excluding hydrogens is 528 g/mol. The van der Waals surface area contributed by atoms with Gasteiger partial charge in [-0.3, -0.25) is 4.79 Å². The Morgan fingerprint density at radius 2 is 1.80 bits per heavy atom. The lowest BCUT2D eigenvalue weighted by Crippen LogP contribution is -2.29. The van der Waals surface area contributed by atoms with E-state index in [1.54, 1.807) is 25.4 Å². The number of ether oxygens (including phenoxy) is 1. The summed E-state index contributed by atoms with van der Waals surface area (Å²) in [6.45, 7) is 7.12. The first-order valence-corrected chi connectivity index (χ1v) is 14.2. The van der Waals surface area contributed by atoms with Crippen molar-refractivity contribution >= 4 is 57.1 Å². The van der Waals surface area contributed by atoms with Gasteiger partial charge in [-0.1, -0.05) is 25.6 Å². The molecule has 11 nitrogen and oxygen atoms in total. The van der Waals surface area contributed by atoms with E-state index >= 15 is 0 Å². The summed E-state index contributed by atoms with van der Waals surface area (Å²) in [4.78, 5) is 25.3. The van der Waals surface area contributed by atoms with Crippen LogP contribution in [-0.4, -0.2) is 72.1 Å². The molecule has 12 heteroatoms. The van der Waals surface area contributed by atoms with Crippen LogP contribution in [-0.2, 0) is 15.8 Å². The second-order valence-corrected chi connectivity index (χ2v) is 10.5. The van der Waals surface area contributed by atoms with Crippen LogP contribution >= 0.6 is 0 Å². The van der Waals surface area contributed by atoms with Crippen molar-refractivity contribution in [3.63, 3.8) is 0 Å². The Bertz CT molecular complexity index is 1330. The molecule has 214 valence electrons. The smallest absolute Gasteiger partial charge is 0.247 e. The highest BCUT2D eigenvalue weighted by Crippen LogP contribution is 2.38. The van der Waals surface area contributed by atoms with E-state index in [1.807, 2.05) is 63.3 Å². The molecule has 3 aromatic rings. The molecule has 0 aliphatic carbocycles. The minimum absolute atomic E-state index is 0.318. The molecule has 2 aromatic carbocycles. The van der Waals surface area contributed by atoms with E-state index in [9.17, 15) is 9.00 Å². The number of carbonyl (C=O) groups is 1. The van der Waals surface area contributed by atoms with Gasteiger partial charge in [0.1, 0.15) is 22.6 Å². The Morgan fingerprint density at radius 3 is 2.48 bits per heavy atom. The number of rotatable bonds is 15. The largest absolute Gasteiger partial charge is 0.494 e. The van der Waals surface area contributed by atoms with Crippen LogP contribution in [0.15, 0.2) is 61.3 Å². The number of methoxy groups -OCH3 is 1. The van der Waals surface area contributed by atoms with Gasteiger partial charge < -0.3 is 35.2 Å². The van der Waals surface area contributed by atoms with E-state index in [1.165, 1.54) is 6.08 Å². The van der Waals surface area contributed by atoms with Crippen molar-refractivity contribution in [3.05, 3.63) is 61.3 Å². The Balaban J connectivity index is 1.89. The third kappa shape index (κ3) is 8.68. The molecule has 40 heavy (non-hydrogen) atoms. The maximum Gasteiger partial charge on any atom is 0.247 e. The normalized spacial score (nSPS) is 11.4. The molecule has 1 heterocycles. The lowest BCUT2D eigenvalue weighted by Gasteiger charge is -2.26. The van der Waals surface area contributed by atoms with E-state index in [4.69, 9.17) is 4.74 Å². The maximum atomic E-state index is 12.3. The zero-order chi connectivity index (χ0) is 29.1. The highest BCUT2D eigenvalue weighted by molar-refractivity contribution is 7.86. The summed E-state index contributed by atoms with van der Waals surface area (Å²) in [6.07, 6.45) is 3.66. The van der Waals surface area contributed by atoms with Gasteiger partial charge in [0.15, 0.2) is 0 Å². The summed E-state index contributed by atoms with van der Waals surface area (Å²) in [5, 5.41) is 9.36. The topological polar surface area (TPSA) is 124 Å². The first-order valence-electron chi connectivity index (χ1n) is 12.9. The molecule has 1 amide bonds. The van der Waals surface area contributed by atoms with Crippen LogP contribution in [0.1, 0.15) is 13.3 Å². The van der Waals surface area contributed by atoms with Crippen LogP contribution in [0.25, 0.3) is 0 Å². The summed E-state index contributed by atoms with van der Waals surface area (Å²) < 4.78 is 21.0. The number of aromatic nitrogens is 2. The standard InChI is InChI=1S/C28H38N8O3S/c1-7-17-40(38)34-21-12-10-9-11-20(21)30-26-13-14-29-28(33-26)32-23-18-22(31-27(37)8-2)24(19-25(23)39-6)36(5)16-15-35(3)4/h8-14,18-19,34H,2,7,15-17H2,1,3-6H3,(H,31,37)(H2,29,30,32,33). The van der Waals surface area contributed by atoms with Crippen molar-refractivity contribution in [1.82, 2.24) is 14.9 Å². The van der Waals surface area contributed by atoms with Crippen LogP contribution in [0, 0.1) is 0 Å². The molecule has 0 spiro atoms. The number of hydrogen-bond acceptors (Lipinski definition) is 9. The van der Waals surface area contributed by atoms with Gasteiger partial charge in [0.05, 0.1) is 35.5 Å². The molecule has 0 bridgehead atoms. The van der Waals surface area contributed by atoms with Gasteiger partial charge in [0.25, 0.3) is 0 Å². The minimum atomic E-state index is -1.18. The predicted molar refractivity (Wildman–Crippen MR) is 166 cm³/mol. The molecule has 0 saturated heterocycles. The summed E-state index contributed by atoms with van der Waals surface area (Å²) in [5.41, 5.74) is 3.39. The second kappa shape index (κ2) is 14.8. The number of nitrogens with one attached hydrogen (secondary N) is 4. The third-order valence-electron chi connectivity index (χ3n) is 5.76. The maximum absolute atomic E-state index is 12.3. The fraction of sp³-hybridized carbons (Fsp3) is 0.321. The number of carbonyl (C=O) groups excluding carboxylic acids is 1. The summed E-state index contributed by atoms with van der Waals surface area (Å²) in [6, 6.07) is 12.9. The monoisotopic (exact) mass is 566 g/mol. The van der Waals surface area contributed by atoms with Crippen LogP contribution in [0.4, 0.5) is 40.2 Å². The average molecular weight is 567 g/mol. The lowest BCUT2D eigenvalue weighted by molar-refractivity contribution is -0.111. The van der Waals surface area contributed by atoms with Crippen molar-refractivity contribution in [2.75, 3.05) is 72.7 Å². The molecule has 3 rings (SSSR count). The number of benzene rings is 2. The zero-order valence-corrected chi connectivity index (χ0v) is 24.5. The number of amides is 1. The van der Waals surface area contributed by atoms with E-state index in [2.05, 4.69) is 42.1 Å². The van der Waals surface area contributed by atoms with Gasteiger partial charge in [0.2, 0.25) is 11.9 Å². The van der Waals surface area contributed by atoms with E-state index in [-0.39, 0.29) is 5.91 Å². The molecule has 1 atom stereocenters. The number of anilines is 7. The molecule has 0 fully saturated rings.